The maximum Gasteiger partial charge on any atom is 0.416 e. The molecule has 0 aromatic heterocycles. The van der Waals surface area contributed by atoms with Crippen LogP contribution in [0.4, 0.5) is 22.0 Å². The smallest absolute Gasteiger partial charge is 0.416 e. The first-order chi connectivity index (χ1) is 9.46. The Labute approximate surface area is 117 Å². The van der Waals surface area contributed by atoms with Gasteiger partial charge in [0.25, 0.3) is 0 Å². The van der Waals surface area contributed by atoms with Gasteiger partial charge < -0.3 is 9.84 Å². The molecule has 0 fully saturated rings. The first-order valence-corrected chi connectivity index (χ1v) is 5.90. The van der Waals surface area contributed by atoms with Crippen molar-refractivity contribution in [1.29, 1.82) is 0 Å². The van der Waals surface area contributed by atoms with E-state index in [2.05, 4.69) is 4.74 Å². The SMILES string of the molecule is CCOC(=O)C(F)(F)C(C)(O)c1ccccc1C(F)(F)F. The van der Waals surface area contributed by atoms with Crippen LogP contribution in [0.1, 0.15) is 25.0 Å². The van der Waals surface area contributed by atoms with Gasteiger partial charge in [0.1, 0.15) is 0 Å². The molecule has 0 aliphatic carbocycles. The minimum Gasteiger partial charge on any atom is -0.461 e. The van der Waals surface area contributed by atoms with Gasteiger partial charge in [-0.1, -0.05) is 18.2 Å². The van der Waals surface area contributed by atoms with Crippen LogP contribution < -0.4 is 0 Å². The fourth-order valence-electron chi connectivity index (χ4n) is 1.74. The number of rotatable bonds is 4. The van der Waals surface area contributed by atoms with Crippen molar-refractivity contribution in [2.45, 2.75) is 31.5 Å². The second kappa shape index (κ2) is 5.59. The Morgan fingerprint density at radius 3 is 2.05 bits per heavy atom. The van der Waals surface area contributed by atoms with Gasteiger partial charge in [-0.25, -0.2) is 4.79 Å². The summed E-state index contributed by atoms with van der Waals surface area (Å²) in [5.74, 6) is -6.63. The average Bonchev–Trinajstić information content (AvgIpc) is 2.37. The highest BCUT2D eigenvalue weighted by atomic mass is 19.4. The van der Waals surface area contributed by atoms with Crippen LogP contribution in [0.25, 0.3) is 0 Å². The first kappa shape index (κ1) is 17.4. The number of alkyl halides is 5. The normalized spacial score (nSPS) is 15.4. The predicted molar refractivity (Wildman–Crippen MR) is 62.6 cm³/mol. The van der Waals surface area contributed by atoms with Crippen molar-refractivity contribution < 1.29 is 36.6 Å². The van der Waals surface area contributed by atoms with Crippen molar-refractivity contribution in [3.05, 3.63) is 35.4 Å². The van der Waals surface area contributed by atoms with Crippen molar-refractivity contribution in [3.8, 4) is 0 Å². The number of carbonyl (C=O) groups is 1. The lowest BCUT2D eigenvalue weighted by Gasteiger charge is -2.32. The summed E-state index contributed by atoms with van der Waals surface area (Å²) in [6, 6.07) is 3.28. The van der Waals surface area contributed by atoms with Gasteiger partial charge in [-0.3, -0.25) is 0 Å². The van der Waals surface area contributed by atoms with Gasteiger partial charge in [0.2, 0.25) is 0 Å². The zero-order valence-electron chi connectivity index (χ0n) is 11.2. The summed E-state index contributed by atoms with van der Waals surface area (Å²) >= 11 is 0. The van der Waals surface area contributed by atoms with E-state index in [9.17, 15) is 31.9 Å². The van der Waals surface area contributed by atoms with Crippen LogP contribution in [0.5, 0.6) is 0 Å². The molecule has 21 heavy (non-hydrogen) atoms. The molecule has 1 aromatic carbocycles. The number of hydrogen-bond donors (Lipinski definition) is 1. The van der Waals surface area contributed by atoms with E-state index in [1.807, 2.05) is 0 Å². The Hall–Kier alpha value is -1.70. The number of esters is 1. The van der Waals surface area contributed by atoms with E-state index < -0.39 is 41.4 Å². The van der Waals surface area contributed by atoms with E-state index in [-0.39, 0.29) is 0 Å². The van der Waals surface area contributed by atoms with Crippen molar-refractivity contribution >= 4 is 5.97 Å². The van der Waals surface area contributed by atoms with Gasteiger partial charge >= 0.3 is 18.1 Å². The van der Waals surface area contributed by atoms with Crippen LogP contribution in [0.2, 0.25) is 0 Å². The zero-order chi connectivity index (χ0) is 16.5. The summed E-state index contributed by atoms with van der Waals surface area (Å²) in [7, 11) is 0. The van der Waals surface area contributed by atoms with Crippen LogP contribution in [-0.4, -0.2) is 23.6 Å². The van der Waals surface area contributed by atoms with Gasteiger partial charge in [-0.05, 0) is 19.9 Å². The molecule has 1 rings (SSSR count). The lowest BCUT2D eigenvalue weighted by atomic mass is 9.85. The highest BCUT2D eigenvalue weighted by Gasteiger charge is 2.59. The maximum absolute atomic E-state index is 13.9. The molecule has 0 heterocycles. The molecule has 1 atom stereocenters. The van der Waals surface area contributed by atoms with Crippen LogP contribution in [-0.2, 0) is 21.3 Å². The highest BCUT2D eigenvalue weighted by molar-refractivity contribution is 5.79. The molecule has 3 nitrogen and oxygen atoms in total. The summed E-state index contributed by atoms with van der Waals surface area (Å²) in [6.45, 7) is 1.30. The van der Waals surface area contributed by atoms with Gasteiger partial charge in [-0.15, -0.1) is 0 Å². The molecule has 0 spiro atoms. The third-order valence-corrected chi connectivity index (χ3v) is 2.90. The number of aliphatic hydroxyl groups is 1. The van der Waals surface area contributed by atoms with Crippen molar-refractivity contribution in [3.63, 3.8) is 0 Å². The summed E-state index contributed by atoms with van der Waals surface area (Å²) in [6.07, 6.45) is -4.95. The van der Waals surface area contributed by atoms with E-state index in [1.54, 1.807) is 0 Å². The number of carbonyl (C=O) groups excluding carboxylic acids is 1. The average molecular weight is 312 g/mol. The second-order valence-electron chi connectivity index (χ2n) is 4.41. The first-order valence-electron chi connectivity index (χ1n) is 5.90. The lowest BCUT2D eigenvalue weighted by molar-refractivity contribution is -0.214. The minimum atomic E-state index is -4.95. The molecular formula is C13H13F5O3. The summed E-state index contributed by atoms with van der Waals surface area (Å²) < 4.78 is 70.5. The monoisotopic (exact) mass is 312 g/mol. The fraction of sp³-hybridized carbons (Fsp3) is 0.462. The third kappa shape index (κ3) is 3.15. The predicted octanol–water partition coefficient (Wildman–Crippen LogP) is 3.11. The van der Waals surface area contributed by atoms with Crippen LogP contribution in [0.3, 0.4) is 0 Å². The maximum atomic E-state index is 13.9. The quantitative estimate of drug-likeness (QED) is 0.686. The second-order valence-corrected chi connectivity index (χ2v) is 4.41. The topological polar surface area (TPSA) is 46.5 Å². The Morgan fingerprint density at radius 2 is 1.62 bits per heavy atom. The molecule has 0 bridgehead atoms. The molecule has 0 aliphatic heterocycles. The lowest BCUT2D eigenvalue weighted by Crippen LogP contribution is -2.50. The molecule has 1 unspecified atom stereocenters. The van der Waals surface area contributed by atoms with E-state index in [4.69, 9.17) is 0 Å². The Morgan fingerprint density at radius 1 is 1.14 bits per heavy atom. The molecule has 118 valence electrons. The van der Waals surface area contributed by atoms with E-state index in [0.717, 1.165) is 12.1 Å². The number of halogens is 5. The van der Waals surface area contributed by atoms with Crippen molar-refractivity contribution in [2.75, 3.05) is 6.61 Å². The third-order valence-electron chi connectivity index (χ3n) is 2.90. The molecule has 0 radical (unpaired) electrons. The Balaban J connectivity index is 3.41. The number of hydrogen-bond acceptors (Lipinski definition) is 3. The highest BCUT2D eigenvalue weighted by Crippen LogP contribution is 2.43. The van der Waals surface area contributed by atoms with E-state index in [1.165, 1.54) is 6.92 Å². The molecule has 0 aliphatic rings. The van der Waals surface area contributed by atoms with Gasteiger partial charge in [-0.2, -0.15) is 22.0 Å². The summed E-state index contributed by atoms with van der Waals surface area (Å²) in [4.78, 5) is 11.2. The molecule has 8 heteroatoms. The van der Waals surface area contributed by atoms with Gasteiger partial charge in [0.05, 0.1) is 12.2 Å². The zero-order valence-corrected chi connectivity index (χ0v) is 11.2. The standard InChI is InChI=1S/C13H13F5O3/c1-3-21-10(19)12(14,15)11(2,20)8-6-4-5-7-9(8)13(16,17)18/h4-7,20H,3H2,1-2H3. The number of benzene rings is 1. The molecule has 0 amide bonds. The molecule has 0 saturated carbocycles. The molecule has 1 aromatic rings. The van der Waals surface area contributed by atoms with Crippen LogP contribution in [0, 0.1) is 0 Å². The van der Waals surface area contributed by atoms with E-state index in [0.29, 0.717) is 19.1 Å². The van der Waals surface area contributed by atoms with Crippen molar-refractivity contribution in [2.24, 2.45) is 0 Å². The van der Waals surface area contributed by atoms with Crippen molar-refractivity contribution in [1.82, 2.24) is 0 Å². The van der Waals surface area contributed by atoms with Gasteiger partial charge in [0, 0.05) is 5.56 Å². The van der Waals surface area contributed by atoms with Gasteiger partial charge in [0.15, 0.2) is 5.60 Å². The Kier molecular flexibility index (Phi) is 4.62. The summed E-state index contributed by atoms with van der Waals surface area (Å²) in [5, 5.41) is 9.90. The van der Waals surface area contributed by atoms with Crippen LogP contribution in [0.15, 0.2) is 24.3 Å². The minimum absolute atomic E-state index is 0.397. The Bertz CT molecular complexity index is 523. The van der Waals surface area contributed by atoms with E-state index >= 15 is 0 Å². The van der Waals surface area contributed by atoms with Crippen LogP contribution >= 0.6 is 0 Å². The molecule has 0 saturated heterocycles. The molecular weight excluding hydrogens is 299 g/mol. The number of ether oxygens (including phenoxy) is 1. The summed E-state index contributed by atoms with van der Waals surface area (Å²) in [5.41, 5.74) is -5.92. The fourth-order valence-corrected chi connectivity index (χ4v) is 1.74. The molecule has 1 N–H and O–H groups in total. The largest absolute Gasteiger partial charge is 0.461 e.